The number of benzene rings is 1. The van der Waals surface area contributed by atoms with E-state index in [-0.39, 0.29) is 11.3 Å². The summed E-state index contributed by atoms with van der Waals surface area (Å²) in [5, 5.41) is 0. The van der Waals surface area contributed by atoms with Crippen LogP contribution in [-0.2, 0) is 9.05 Å². The molecule has 5 nitrogen and oxygen atoms in total. The summed E-state index contributed by atoms with van der Waals surface area (Å²) in [6, 6.07) is 3.50. The molecule has 1 aromatic carbocycles. The monoisotopic (exact) mass is 327 g/mol. The summed E-state index contributed by atoms with van der Waals surface area (Å²) in [6.45, 7) is -0.756. The molecule has 0 fully saturated rings. The van der Waals surface area contributed by atoms with Crippen LogP contribution in [0.3, 0.4) is 0 Å². The second-order valence-electron chi connectivity index (χ2n) is 3.88. The molecule has 112 valence electrons. The van der Waals surface area contributed by atoms with Gasteiger partial charge in [-0.1, -0.05) is 0 Å². The summed E-state index contributed by atoms with van der Waals surface area (Å²) in [4.78, 5) is 12.3. The lowest BCUT2D eigenvalue weighted by molar-refractivity contribution is 0.0620. The van der Waals surface area contributed by atoms with E-state index in [4.69, 9.17) is 15.4 Å². The van der Waals surface area contributed by atoms with Crippen LogP contribution in [0.2, 0.25) is 0 Å². The van der Waals surface area contributed by atoms with Gasteiger partial charge in [-0.2, -0.15) is 0 Å². The number of alkyl halides is 2. The Hall–Kier alpha value is -1.41. The van der Waals surface area contributed by atoms with Gasteiger partial charge >= 0.3 is 0 Å². The lowest BCUT2D eigenvalue weighted by Crippen LogP contribution is -2.31. The van der Waals surface area contributed by atoms with E-state index >= 15 is 0 Å². The molecule has 0 aliphatic carbocycles. The van der Waals surface area contributed by atoms with E-state index in [1.54, 1.807) is 0 Å². The number of nitrogens with zero attached hydrogens (tertiary/aromatic N) is 1. The van der Waals surface area contributed by atoms with E-state index in [1.807, 2.05) is 0 Å². The maximum atomic E-state index is 12.2. The van der Waals surface area contributed by atoms with Crippen molar-refractivity contribution >= 4 is 25.6 Å². The van der Waals surface area contributed by atoms with Gasteiger partial charge in [-0.25, -0.2) is 17.2 Å². The van der Waals surface area contributed by atoms with Crippen LogP contribution in [0.15, 0.2) is 23.1 Å². The van der Waals surface area contributed by atoms with Gasteiger partial charge in [0.15, 0.2) is 0 Å². The van der Waals surface area contributed by atoms with Gasteiger partial charge in [0, 0.05) is 23.3 Å². The number of carbonyl (C=O) groups excluding carboxylic acids is 1. The zero-order valence-electron chi connectivity index (χ0n) is 10.6. The Morgan fingerprint density at radius 3 is 2.50 bits per heavy atom. The average molecular weight is 328 g/mol. The normalized spacial score (nSPS) is 11.5. The Balaban J connectivity index is 3.19. The molecule has 0 aromatic heterocycles. The highest BCUT2D eigenvalue weighted by atomic mass is 35.7. The van der Waals surface area contributed by atoms with Crippen LogP contribution in [0, 0.1) is 0 Å². The second kappa shape index (κ2) is 6.36. The molecule has 0 spiro atoms. The Morgan fingerprint density at radius 1 is 1.45 bits per heavy atom. The molecule has 1 rings (SSSR count). The summed E-state index contributed by atoms with van der Waals surface area (Å²) < 4.78 is 52.0. The lowest BCUT2D eigenvalue weighted by Gasteiger charge is -2.17. The first-order chi connectivity index (χ1) is 9.16. The summed E-state index contributed by atoms with van der Waals surface area (Å²) in [6.07, 6.45) is -2.68. The molecule has 0 bridgehead atoms. The van der Waals surface area contributed by atoms with Crippen LogP contribution in [0.25, 0.3) is 0 Å². The van der Waals surface area contributed by atoms with Crippen LogP contribution in [0.4, 0.5) is 8.78 Å². The second-order valence-corrected chi connectivity index (χ2v) is 6.41. The third-order valence-electron chi connectivity index (χ3n) is 2.43. The van der Waals surface area contributed by atoms with Gasteiger partial charge in [0.2, 0.25) is 0 Å². The number of halogens is 3. The highest BCUT2D eigenvalue weighted by molar-refractivity contribution is 8.13. The molecule has 0 saturated heterocycles. The van der Waals surface area contributed by atoms with E-state index < -0.39 is 32.8 Å². The number of hydrogen-bond acceptors (Lipinski definition) is 4. The van der Waals surface area contributed by atoms with Crippen LogP contribution in [0.5, 0.6) is 5.75 Å². The van der Waals surface area contributed by atoms with Crippen molar-refractivity contribution in [2.24, 2.45) is 0 Å². The van der Waals surface area contributed by atoms with Gasteiger partial charge in [0.25, 0.3) is 21.4 Å². The molecule has 0 saturated carbocycles. The summed E-state index contributed by atoms with van der Waals surface area (Å²) in [7, 11) is 3.54. The van der Waals surface area contributed by atoms with Crippen molar-refractivity contribution in [2.75, 3.05) is 20.7 Å². The van der Waals surface area contributed by atoms with Crippen LogP contribution in [-0.4, -0.2) is 46.4 Å². The van der Waals surface area contributed by atoms with Crippen molar-refractivity contribution in [2.45, 2.75) is 11.3 Å². The van der Waals surface area contributed by atoms with Crippen molar-refractivity contribution in [1.29, 1.82) is 0 Å². The zero-order valence-corrected chi connectivity index (χ0v) is 12.2. The molecular weight excluding hydrogens is 316 g/mol. The molecule has 0 radical (unpaired) electrons. The number of ether oxygens (including phenoxy) is 1. The van der Waals surface area contributed by atoms with Crippen molar-refractivity contribution in [3.63, 3.8) is 0 Å². The molecule has 0 aliphatic heterocycles. The fraction of sp³-hybridized carbons (Fsp3) is 0.364. The number of methoxy groups -OCH3 is 1. The molecule has 0 unspecified atom stereocenters. The average Bonchev–Trinajstić information content (AvgIpc) is 2.35. The number of carbonyl (C=O) groups is 1. The first-order valence-corrected chi connectivity index (χ1v) is 7.64. The molecule has 20 heavy (non-hydrogen) atoms. The maximum Gasteiger partial charge on any atom is 0.265 e. The maximum absolute atomic E-state index is 12.2. The summed E-state index contributed by atoms with van der Waals surface area (Å²) in [5.41, 5.74) is -0.0758. The highest BCUT2D eigenvalue weighted by Gasteiger charge is 2.21. The van der Waals surface area contributed by atoms with Crippen LogP contribution >= 0.6 is 10.7 Å². The quantitative estimate of drug-likeness (QED) is 0.776. The molecule has 1 aromatic rings. The smallest absolute Gasteiger partial charge is 0.265 e. The molecule has 0 atom stereocenters. The molecule has 0 N–H and O–H groups in total. The number of hydrogen-bond donors (Lipinski definition) is 0. The standard InChI is InChI=1S/C11H12ClF2NO4S/c1-15(6-10(13)14)11(16)7-3-4-8(19-2)9(5-7)20(12,17)18/h3-5,10H,6H2,1-2H3. The third kappa shape index (κ3) is 4.04. The van der Waals surface area contributed by atoms with Crippen molar-refractivity contribution < 1.29 is 26.7 Å². The topological polar surface area (TPSA) is 63.7 Å². The molecule has 1 amide bonds. The largest absolute Gasteiger partial charge is 0.495 e. The summed E-state index contributed by atoms with van der Waals surface area (Å²) >= 11 is 0. The minimum absolute atomic E-state index is 0.0342. The van der Waals surface area contributed by atoms with E-state index in [0.717, 1.165) is 11.0 Å². The van der Waals surface area contributed by atoms with Gasteiger partial charge in [0.1, 0.15) is 10.6 Å². The van der Waals surface area contributed by atoms with Crippen LogP contribution < -0.4 is 4.74 Å². The Kier molecular flexibility index (Phi) is 5.29. The van der Waals surface area contributed by atoms with Crippen molar-refractivity contribution in [3.05, 3.63) is 23.8 Å². The SMILES string of the molecule is COc1ccc(C(=O)N(C)CC(F)F)cc1S(=O)(=O)Cl. The fourth-order valence-electron chi connectivity index (χ4n) is 1.51. The molecular formula is C11H12ClF2NO4S. The Morgan fingerprint density at radius 2 is 2.05 bits per heavy atom. The lowest BCUT2D eigenvalue weighted by atomic mass is 10.2. The Labute approximate surface area is 119 Å². The summed E-state index contributed by atoms with van der Waals surface area (Å²) in [5.74, 6) is -0.775. The first kappa shape index (κ1) is 16.6. The minimum atomic E-state index is -4.12. The zero-order chi connectivity index (χ0) is 15.5. The number of rotatable bonds is 5. The number of amides is 1. The van der Waals surface area contributed by atoms with E-state index in [2.05, 4.69) is 0 Å². The van der Waals surface area contributed by atoms with E-state index in [0.29, 0.717) is 0 Å². The van der Waals surface area contributed by atoms with Gasteiger partial charge in [-0.15, -0.1) is 0 Å². The minimum Gasteiger partial charge on any atom is -0.495 e. The molecule has 0 aliphatic rings. The Bertz CT molecular complexity index is 606. The van der Waals surface area contributed by atoms with Gasteiger partial charge in [-0.3, -0.25) is 4.79 Å². The van der Waals surface area contributed by atoms with E-state index in [9.17, 15) is 22.0 Å². The highest BCUT2D eigenvalue weighted by Crippen LogP contribution is 2.28. The third-order valence-corrected chi connectivity index (χ3v) is 3.77. The van der Waals surface area contributed by atoms with Gasteiger partial charge in [-0.05, 0) is 18.2 Å². The van der Waals surface area contributed by atoms with Gasteiger partial charge in [0.05, 0.1) is 13.7 Å². The fourth-order valence-corrected chi connectivity index (χ4v) is 2.53. The van der Waals surface area contributed by atoms with E-state index in [1.165, 1.54) is 26.3 Å². The predicted octanol–water partition coefficient (Wildman–Crippen LogP) is 1.96. The molecule has 9 heteroatoms. The van der Waals surface area contributed by atoms with Crippen LogP contribution in [0.1, 0.15) is 10.4 Å². The van der Waals surface area contributed by atoms with Crippen molar-refractivity contribution in [3.8, 4) is 5.75 Å². The first-order valence-electron chi connectivity index (χ1n) is 5.33. The van der Waals surface area contributed by atoms with Crippen molar-refractivity contribution in [1.82, 2.24) is 4.90 Å². The molecule has 0 heterocycles. The predicted molar refractivity (Wildman–Crippen MR) is 69.0 cm³/mol. The van der Waals surface area contributed by atoms with Gasteiger partial charge < -0.3 is 9.64 Å².